The average Bonchev–Trinajstić information content (AvgIpc) is 3.51. The van der Waals surface area contributed by atoms with Gasteiger partial charge in [0.2, 0.25) is 0 Å². The minimum atomic E-state index is 0.0615. The van der Waals surface area contributed by atoms with Gasteiger partial charge in [0.25, 0.3) is 0 Å². The third-order valence-electron chi connectivity index (χ3n) is 6.90. The summed E-state index contributed by atoms with van der Waals surface area (Å²) in [6, 6.07) is 17.8. The zero-order chi connectivity index (χ0) is 22.6. The number of fused-ring (bicyclic) bond motifs is 10. The molecule has 33 heavy (non-hydrogen) atoms. The van der Waals surface area contributed by atoms with E-state index in [4.69, 9.17) is 9.47 Å². The van der Waals surface area contributed by atoms with Crippen molar-refractivity contribution in [1.82, 2.24) is 4.40 Å². The first-order valence-electron chi connectivity index (χ1n) is 11.1. The summed E-state index contributed by atoms with van der Waals surface area (Å²) >= 11 is 3.72. The Morgan fingerprint density at radius 3 is 1.58 bits per heavy atom. The number of nitrogens with zero attached hydrogens (tertiary/aromatic N) is 1. The Hall–Kier alpha value is -3.02. The highest BCUT2D eigenvalue weighted by Crippen LogP contribution is 2.50. The maximum absolute atomic E-state index is 5.52. The topological polar surface area (TPSA) is 22.9 Å². The van der Waals surface area contributed by atoms with Crippen LogP contribution >= 0.6 is 22.7 Å². The summed E-state index contributed by atoms with van der Waals surface area (Å²) < 4.78 is 16.1. The van der Waals surface area contributed by atoms with Gasteiger partial charge in [-0.05, 0) is 59.5 Å². The van der Waals surface area contributed by atoms with Gasteiger partial charge < -0.3 is 9.47 Å². The van der Waals surface area contributed by atoms with Gasteiger partial charge in [-0.2, -0.15) is 0 Å². The number of aromatic nitrogens is 1. The van der Waals surface area contributed by atoms with E-state index in [0.717, 1.165) is 11.5 Å². The van der Waals surface area contributed by atoms with Gasteiger partial charge in [0.05, 0.1) is 19.7 Å². The fraction of sp³-hybridized carbons (Fsp3) is 0.214. The van der Waals surface area contributed by atoms with Gasteiger partial charge in [0, 0.05) is 41.7 Å². The summed E-state index contributed by atoms with van der Waals surface area (Å²) in [5.41, 5.74) is 2.78. The highest BCUT2D eigenvalue weighted by atomic mass is 32.1. The van der Waals surface area contributed by atoms with Crippen LogP contribution in [0.1, 0.15) is 26.3 Å². The quantitative estimate of drug-likeness (QED) is 0.253. The van der Waals surface area contributed by atoms with Crippen LogP contribution in [0.2, 0.25) is 0 Å². The Kier molecular flexibility index (Phi) is 3.72. The van der Waals surface area contributed by atoms with E-state index in [1.54, 1.807) is 14.2 Å². The molecular weight excluding hydrogens is 446 g/mol. The zero-order valence-electron chi connectivity index (χ0n) is 19.2. The molecule has 3 aromatic carbocycles. The average molecular weight is 470 g/mol. The van der Waals surface area contributed by atoms with Crippen molar-refractivity contribution in [1.29, 1.82) is 0 Å². The standard InChI is InChI=1S/C28H23NO2S2/c1-28(2,3)14-10-19-23-17-8-6-15(30-4)12-21(17)32-26(23)29-25(19)20(11-14)24-18-9-7-16(31-5)13-22(18)33-27(24)29/h6-13H,1-5H3. The van der Waals surface area contributed by atoms with Crippen LogP contribution in [0.15, 0.2) is 48.5 Å². The van der Waals surface area contributed by atoms with Crippen LogP contribution in [0.25, 0.3) is 56.9 Å². The highest BCUT2D eigenvalue weighted by molar-refractivity contribution is 7.27. The smallest absolute Gasteiger partial charge is 0.120 e. The molecule has 0 saturated carbocycles. The summed E-state index contributed by atoms with van der Waals surface area (Å²) in [5, 5.41) is 8.05. The molecule has 0 unspecified atom stereocenters. The van der Waals surface area contributed by atoms with Crippen LogP contribution < -0.4 is 9.47 Å². The van der Waals surface area contributed by atoms with Crippen molar-refractivity contribution in [3.63, 3.8) is 0 Å². The third-order valence-corrected chi connectivity index (χ3v) is 9.18. The van der Waals surface area contributed by atoms with Crippen LogP contribution in [-0.4, -0.2) is 18.6 Å². The van der Waals surface area contributed by atoms with Crippen molar-refractivity contribution in [2.45, 2.75) is 26.2 Å². The van der Waals surface area contributed by atoms with Gasteiger partial charge in [-0.1, -0.05) is 20.8 Å². The van der Waals surface area contributed by atoms with Crippen molar-refractivity contribution in [2.24, 2.45) is 0 Å². The molecule has 4 heterocycles. The molecule has 0 atom stereocenters. The van der Waals surface area contributed by atoms with Gasteiger partial charge in [0.15, 0.2) is 0 Å². The summed E-state index contributed by atoms with van der Waals surface area (Å²) in [4.78, 5) is 2.63. The summed E-state index contributed by atoms with van der Waals surface area (Å²) in [6.45, 7) is 6.91. The predicted octanol–water partition coefficient (Wildman–Crippen LogP) is 8.58. The van der Waals surface area contributed by atoms with E-state index in [1.807, 2.05) is 22.7 Å². The molecule has 164 valence electrons. The SMILES string of the molecule is COc1ccc2c(c1)sc1c2c2cc(C(C)(C)C)cc3c4c5ccc(OC)cc5sc4n1c23. The molecule has 4 aromatic heterocycles. The van der Waals surface area contributed by atoms with Crippen LogP contribution in [0.3, 0.4) is 0 Å². The van der Waals surface area contributed by atoms with E-state index in [2.05, 4.69) is 73.7 Å². The van der Waals surface area contributed by atoms with Crippen LogP contribution in [0.5, 0.6) is 11.5 Å². The second-order valence-electron chi connectivity index (χ2n) is 9.79. The number of rotatable bonds is 2. The van der Waals surface area contributed by atoms with Gasteiger partial charge in [-0.15, -0.1) is 22.7 Å². The maximum Gasteiger partial charge on any atom is 0.120 e. The minimum absolute atomic E-state index is 0.0615. The monoisotopic (exact) mass is 469 g/mol. The molecule has 0 saturated heterocycles. The van der Waals surface area contributed by atoms with E-state index in [9.17, 15) is 0 Å². The van der Waals surface area contributed by atoms with Crippen LogP contribution in [0, 0.1) is 0 Å². The van der Waals surface area contributed by atoms with Gasteiger partial charge in [0.1, 0.15) is 21.2 Å². The highest BCUT2D eigenvalue weighted by Gasteiger charge is 2.26. The van der Waals surface area contributed by atoms with E-state index in [-0.39, 0.29) is 5.41 Å². The summed E-state index contributed by atoms with van der Waals surface area (Å²) in [5.74, 6) is 1.81. The summed E-state index contributed by atoms with van der Waals surface area (Å²) in [7, 11) is 3.47. The van der Waals surface area contributed by atoms with Crippen molar-refractivity contribution < 1.29 is 9.47 Å². The molecule has 7 rings (SSSR count). The molecule has 3 nitrogen and oxygen atoms in total. The zero-order valence-corrected chi connectivity index (χ0v) is 20.8. The van der Waals surface area contributed by atoms with Gasteiger partial charge in [-0.3, -0.25) is 4.40 Å². The van der Waals surface area contributed by atoms with Crippen molar-refractivity contribution in [3.05, 3.63) is 54.1 Å². The predicted molar refractivity (Wildman–Crippen MR) is 144 cm³/mol. The van der Waals surface area contributed by atoms with E-state index < -0.39 is 0 Å². The molecule has 0 spiro atoms. The Morgan fingerprint density at radius 1 is 0.667 bits per heavy atom. The first-order valence-corrected chi connectivity index (χ1v) is 12.7. The third kappa shape index (κ3) is 2.44. The number of methoxy groups -OCH3 is 2. The molecule has 0 amide bonds. The van der Waals surface area contributed by atoms with Crippen LogP contribution in [0.4, 0.5) is 0 Å². The Labute approximate surface area is 199 Å². The summed E-state index contributed by atoms with van der Waals surface area (Å²) in [6.07, 6.45) is 0. The molecular formula is C28H23NO2S2. The molecule has 0 radical (unpaired) electrons. The first kappa shape index (κ1) is 19.4. The largest absolute Gasteiger partial charge is 0.497 e. The minimum Gasteiger partial charge on any atom is -0.497 e. The lowest BCUT2D eigenvalue weighted by Crippen LogP contribution is -2.10. The number of thiophene rings is 2. The fourth-order valence-electron chi connectivity index (χ4n) is 5.20. The first-order chi connectivity index (χ1) is 15.9. The molecule has 5 heteroatoms. The number of benzene rings is 3. The number of ether oxygens (including phenoxy) is 2. The van der Waals surface area contributed by atoms with Gasteiger partial charge in [-0.25, -0.2) is 0 Å². The number of hydrogen-bond acceptors (Lipinski definition) is 4. The second kappa shape index (κ2) is 6.31. The molecule has 0 aliphatic carbocycles. The normalized spacial score (nSPS) is 13.0. The lowest BCUT2D eigenvalue weighted by Gasteiger charge is -2.19. The van der Waals surface area contributed by atoms with Gasteiger partial charge >= 0.3 is 0 Å². The molecule has 0 bridgehead atoms. The Morgan fingerprint density at radius 2 is 1.15 bits per heavy atom. The Bertz CT molecular complexity index is 1750. The molecule has 0 aliphatic heterocycles. The van der Waals surface area contributed by atoms with Crippen molar-refractivity contribution in [2.75, 3.05) is 14.2 Å². The van der Waals surface area contributed by atoms with E-state index in [1.165, 1.54) is 62.5 Å². The lowest BCUT2D eigenvalue weighted by atomic mass is 9.85. The maximum atomic E-state index is 5.52. The molecule has 7 aromatic rings. The molecule has 0 fully saturated rings. The van der Waals surface area contributed by atoms with Crippen molar-refractivity contribution >= 4 is 79.6 Å². The molecule has 0 N–H and O–H groups in total. The second-order valence-corrected chi connectivity index (χ2v) is 11.9. The molecule has 0 aliphatic rings. The van der Waals surface area contributed by atoms with E-state index >= 15 is 0 Å². The van der Waals surface area contributed by atoms with Crippen LogP contribution in [-0.2, 0) is 5.41 Å². The van der Waals surface area contributed by atoms with E-state index in [0.29, 0.717) is 0 Å². The number of hydrogen-bond donors (Lipinski definition) is 0. The lowest BCUT2D eigenvalue weighted by molar-refractivity contribution is 0.415. The fourth-order valence-corrected chi connectivity index (χ4v) is 7.78. The Balaban J connectivity index is 1.76. The van der Waals surface area contributed by atoms with Crippen molar-refractivity contribution in [3.8, 4) is 11.5 Å².